The van der Waals surface area contributed by atoms with E-state index in [1.54, 1.807) is 13.3 Å². The molecule has 0 fully saturated rings. The van der Waals surface area contributed by atoms with Gasteiger partial charge >= 0.3 is 0 Å². The second kappa shape index (κ2) is 10.5. The minimum atomic E-state index is 0.0685. The third kappa shape index (κ3) is 4.55. The Labute approximate surface area is 240 Å². The first-order chi connectivity index (χ1) is 20.7. The first-order valence-corrected chi connectivity index (χ1v) is 13.2. The van der Waals surface area contributed by atoms with Gasteiger partial charge in [0.05, 0.1) is 6.21 Å². The average Bonchev–Trinajstić information content (AvgIpc) is 3.43. The number of benzene rings is 4. The van der Waals surface area contributed by atoms with Gasteiger partial charge in [0.2, 0.25) is 5.82 Å². The topological polar surface area (TPSA) is 114 Å². The largest absolute Gasteiger partial charge is 0.452 e. The van der Waals surface area contributed by atoms with Crippen molar-refractivity contribution in [2.75, 3.05) is 7.05 Å². The molecule has 0 saturated heterocycles. The van der Waals surface area contributed by atoms with Gasteiger partial charge in [0.15, 0.2) is 23.1 Å². The van der Waals surface area contributed by atoms with Gasteiger partial charge in [0, 0.05) is 29.1 Å². The van der Waals surface area contributed by atoms with E-state index in [1.165, 1.54) is 0 Å². The van der Waals surface area contributed by atoms with Crippen LogP contribution in [0.5, 0.6) is 0 Å². The molecule has 7 aromatic rings. The number of hydrogen-bond acceptors (Lipinski definition) is 8. The summed E-state index contributed by atoms with van der Waals surface area (Å²) in [6.07, 6.45) is 1.57. The summed E-state index contributed by atoms with van der Waals surface area (Å²) in [6, 6.07) is 35.8. The highest BCUT2D eigenvalue weighted by atomic mass is 16.3. The molecule has 3 heterocycles. The lowest BCUT2D eigenvalue weighted by Gasteiger charge is -2.09. The van der Waals surface area contributed by atoms with Crippen LogP contribution in [-0.2, 0) is 0 Å². The van der Waals surface area contributed by atoms with Gasteiger partial charge in [-0.2, -0.15) is 5.26 Å². The lowest BCUT2D eigenvalue weighted by Crippen LogP contribution is -2.00. The lowest BCUT2D eigenvalue weighted by molar-refractivity contribution is 0.664. The molecule has 0 amide bonds. The third-order valence-electron chi connectivity index (χ3n) is 6.85. The molecule has 198 valence electrons. The number of rotatable bonds is 5. The number of hydrogen-bond donors (Lipinski definition) is 0. The molecule has 0 aliphatic carbocycles. The van der Waals surface area contributed by atoms with Gasteiger partial charge in [-0.3, -0.25) is 4.99 Å². The summed E-state index contributed by atoms with van der Waals surface area (Å²) in [4.78, 5) is 27.2. The highest BCUT2D eigenvalue weighted by Crippen LogP contribution is 2.34. The van der Waals surface area contributed by atoms with Crippen LogP contribution in [-0.4, -0.2) is 38.2 Å². The van der Waals surface area contributed by atoms with Gasteiger partial charge in [-0.05, 0) is 29.3 Å². The summed E-state index contributed by atoms with van der Waals surface area (Å²) >= 11 is 0. The van der Waals surface area contributed by atoms with Crippen LogP contribution < -0.4 is 0 Å². The Balaban J connectivity index is 1.34. The van der Waals surface area contributed by atoms with Crippen LogP contribution in [0.25, 0.3) is 67.4 Å². The van der Waals surface area contributed by atoms with E-state index in [9.17, 15) is 5.26 Å². The number of fused-ring (bicyclic) bond motifs is 3. The van der Waals surface area contributed by atoms with Crippen molar-refractivity contribution >= 4 is 28.3 Å². The number of nitrogens with zero attached hydrogens (tertiary/aromatic N) is 7. The minimum absolute atomic E-state index is 0.0685. The zero-order valence-electron chi connectivity index (χ0n) is 22.4. The van der Waals surface area contributed by atoms with E-state index in [2.05, 4.69) is 21.0 Å². The Bertz CT molecular complexity index is 2110. The second-order valence-electron chi connectivity index (χ2n) is 9.54. The van der Waals surface area contributed by atoms with Crippen molar-refractivity contribution in [2.45, 2.75) is 0 Å². The Morgan fingerprint density at radius 1 is 0.643 bits per heavy atom. The molecular formula is C34H21N7O. The molecule has 3 aromatic heterocycles. The van der Waals surface area contributed by atoms with Gasteiger partial charge < -0.3 is 4.42 Å². The van der Waals surface area contributed by atoms with Crippen molar-refractivity contribution in [2.24, 2.45) is 4.99 Å². The van der Waals surface area contributed by atoms with Gasteiger partial charge in [-0.15, -0.1) is 0 Å². The van der Waals surface area contributed by atoms with E-state index < -0.39 is 0 Å². The van der Waals surface area contributed by atoms with Crippen LogP contribution in [0.1, 0.15) is 11.5 Å². The lowest BCUT2D eigenvalue weighted by atomic mass is 10.0. The molecule has 0 N–H and O–H groups in total. The maximum absolute atomic E-state index is 9.41. The summed E-state index contributed by atoms with van der Waals surface area (Å²) in [5.41, 5.74) is 6.80. The fraction of sp³-hybridized carbons (Fsp3) is 0.0294. The normalized spacial score (nSPS) is 11.3. The van der Waals surface area contributed by atoms with Crippen molar-refractivity contribution in [3.8, 4) is 51.4 Å². The number of furan rings is 1. The number of aromatic nitrogens is 5. The molecule has 0 radical (unpaired) electrons. The van der Waals surface area contributed by atoms with Crippen molar-refractivity contribution < 1.29 is 4.42 Å². The van der Waals surface area contributed by atoms with E-state index in [0.717, 1.165) is 33.2 Å². The van der Waals surface area contributed by atoms with E-state index >= 15 is 0 Å². The van der Waals surface area contributed by atoms with E-state index in [1.807, 2.05) is 103 Å². The predicted octanol–water partition coefficient (Wildman–Crippen LogP) is 7.15. The summed E-state index contributed by atoms with van der Waals surface area (Å²) < 4.78 is 6.18. The second-order valence-corrected chi connectivity index (χ2v) is 9.54. The Kier molecular flexibility index (Phi) is 6.22. The minimum Gasteiger partial charge on any atom is -0.452 e. The average molecular weight is 544 g/mol. The highest BCUT2D eigenvalue weighted by molar-refractivity contribution is 6.08. The molecule has 0 bridgehead atoms. The van der Waals surface area contributed by atoms with Crippen LogP contribution in [0.3, 0.4) is 0 Å². The van der Waals surface area contributed by atoms with Gasteiger partial charge in [0.1, 0.15) is 22.9 Å². The van der Waals surface area contributed by atoms with E-state index in [0.29, 0.717) is 39.8 Å². The van der Waals surface area contributed by atoms with Crippen molar-refractivity contribution in [3.63, 3.8) is 0 Å². The van der Waals surface area contributed by atoms with Crippen molar-refractivity contribution in [1.29, 1.82) is 5.26 Å². The maximum atomic E-state index is 9.41. The predicted molar refractivity (Wildman–Crippen MR) is 163 cm³/mol. The highest BCUT2D eigenvalue weighted by Gasteiger charge is 2.17. The molecule has 0 spiro atoms. The number of aliphatic imine (C=N–C) groups is 1. The molecule has 0 aliphatic rings. The summed E-state index contributed by atoms with van der Waals surface area (Å²) in [7, 11) is 1.64. The van der Waals surface area contributed by atoms with E-state index in [-0.39, 0.29) is 5.82 Å². The number of nitriles is 1. The van der Waals surface area contributed by atoms with Crippen LogP contribution in [0.2, 0.25) is 0 Å². The molecule has 0 atom stereocenters. The van der Waals surface area contributed by atoms with Gasteiger partial charge in [0.25, 0.3) is 0 Å². The van der Waals surface area contributed by atoms with Crippen LogP contribution >= 0.6 is 0 Å². The summed E-state index contributed by atoms with van der Waals surface area (Å²) in [5.74, 6) is 1.87. The fourth-order valence-electron chi connectivity index (χ4n) is 4.88. The van der Waals surface area contributed by atoms with Crippen molar-refractivity contribution in [3.05, 3.63) is 115 Å². The molecule has 7 rings (SSSR count). The first-order valence-electron chi connectivity index (χ1n) is 13.2. The molecular weight excluding hydrogens is 522 g/mol. The first kappa shape index (κ1) is 24.9. The van der Waals surface area contributed by atoms with E-state index in [4.69, 9.17) is 19.4 Å². The molecule has 8 nitrogen and oxygen atoms in total. The van der Waals surface area contributed by atoms with Crippen LogP contribution in [0, 0.1) is 11.3 Å². The Morgan fingerprint density at radius 2 is 1.24 bits per heavy atom. The zero-order chi connectivity index (χ0) is 28.5. The zero-order valence-corrected chi connectivity index (χ0v) is 22.4. The standard InChI is InChI=1S/C34H21N7O/c1-36-20-27-31-30(38-29(19-35)37-27)26-16-15-24(18-28(26)42-31)23-13-8-14-25(17-23)34-40-32(21-9-4-2-5-10-21)39-33(41-34)22-11-6-3-7-12-22/h2-18,20H,1H3. The fourth-order valence-corrected chi connectivity index (χ4v) is 4.88. The Morgan fingerprint density at radius 3 is 1.88 bits per heavy atom. The van der Waals surface area contributed by atoms with Crippen molar-refractivity contribution in [1.82, 2.24) is 24.9 Å². The summed E-state index contributed by atoms with van der Waals surface area (Å²) in [5, 5.41) is 10.2. The third-order valence-corrected chi connectivity index (χ3v) is 6.85. The molecule has 42 heavy (non-hydrogen) atoms. The molecule has 4 aromatic carbocycles. The van der Waals surface area contributed by atoms with Crippen LogP contribution in [0.15, 0.2) is 113 Å². The molecule has 0 saturated carbocycles. The van der Waals surface area contributed by atoms with Gasteiger partial charge in [-0.25, -0.2) is 24.9 Å². The van der Waals surface area contributed by atoms with Crippen LogP contribution in [0.4, 0.5) is 0 Å². The molecule has 8 heteroatoms. The smallest absolute Gasteiger partial charge is 0.233 e. The monoisotopic (exact) mass is 543 g/mol. The molecule has 0 aliphatic heterocycles. The SMILES string of the molecule is CN=Cc1nc(C#N)nc2c1oc1cc(-c3cccc(-c4nc(-c5ccccc5)nc(-c5ccccc5)n4)c3)ccc12. The molecule has 0 unspecified atom stereocenters. The summed E-state index contributed by atoms with van der Waals surface area (Å²) in [6.45, 7) is 0. The Hall–Kier alpha value is -6.07. The van der Waals surface area contributed by atoms with Gasteiger partial charge in [-0.1, -0.05) is 84.9 Å². The maximum Gasteiger partial charge on any atom is 0.233 e. The quantitative estimate of drug-likeness (QED) is 0.212.